The van der Waals surface area contributed by atoms with Crippen LogP contribution in [0.2, 0.25) is 5.02 Å². The van der Waals surface area contributed by atoms with Gasteiger partial charge in [-0.1, -0.05) is 29.8 Å². The maximum atomic E-state index is 13.0. The Morgan fingerprint density at radius 2 is 2.07 bits per heavy atom. The molecule has 0 aliphatic carbocycles. The van der Waals surface area contributed by atoms with Gasteiger partial charge < -0.3 is 19.5 Å². The topological polar surface area (TPSA) is 78.5 Å². The van der Waals surface area contributed by atoms with Crippen molar-refractivity contribution in [3.05, 3.63) is 51.0 Å². The van der Waals surface area contributed by atoms with Crippen LogP contribution in [-0.2, 0) is 22.4 Å². The highest BCUT2D eigenvalue weighted by Crippen LogP contribution is 2.32. The van der Waals surface area contributed by atoms with Crippen LogP contribution in [0, 0.1) is 0 Å². The highest BCUT2D eigenvalue weighted by atomic mass is 35.5. The molecule has 1 fully saturated rings. The van der Waals surface area contributed by atoms with Gasteiger partial charge in [-0.25, -0.2) is 4.98 Å². The summed E-state index contributed by atoms with van der Waals surface area (Å²) in [7, 11) is 0. The lowest BCUT2D eigenvalue weighted by atomic mass is 10.1. The SMILES string of the molecule is C[C@H]1Cc2ccccc2N1C(=O)Cc1nc(N2CCOCC2)c(Cl)c(=O)[nH]1. The molecule has 0 spiro atoms. The number of benzene rings is 1. The van der Waals surface area contributed by atoms with E-state index < -0.39 is 5.56 Å². The van der Waals surface area contributed by atoms with Crippen molar-refractivity contribution in [2.75, 3.05) is 36.1 Å². The molecule has 7 nitrogen and oxygen atoms in total. The molecular formula is C19H21ClN4O3. The van der Waals surface area contributed by atoms with E-state index in [1.165, 1.54) is 0 Å². The van der Waals surface area contributed by atoms with Crippen LogP contribution in [0.25, 0.3) is 0 Å². The van der Waals surface area contributed by atoms with Crippen molar-refractivity contribution >= 4 is 29.0 Å². The summed E-state index contributed by atoms with van der Waals surface area (Å²) < 4.78 is 5.34. The minimum atomic E-state index is -0.425. The zero-order valence-electron chi connectivity index (χ0n) is 15.1. The molecule has 27 heavy (non-hydrogen) atoms. The second-order valence-electron chi connectivity index (χ2n) is 6.87. The van der Waals surface area contributed by atoms with Gasteiger partial charge in [-0.3, -0.25) is 9.59 Å². The van der Waals surface area contributed by atoms with E-state index in [2.05, 4.69) is 9.97 Å². The number of carbonyl (C=O) groups excluding carboxylic acids is 1. The summed E-state index contributed by atoms with van der Waals surface area (Å²) in [6, 6.07) is 7.97. The minimum Gasteiger partial charge on any atom is -0.378 e. The average molecular weight is 389 g/mol. The largest absolute Gasteiger partial charge is 0.378 e. The smallest absolute Gasteiger partial charge is 0.271 e. The molecule has 2 aromatic rings. The number of halogens is 1. The second-order valence-corrected chi connectivity index (χ2v) is 7.25. The minimum absolute atomic E-state index is 0.0163. The molecule has 1 atom stereocenters. The van der Waals surface area contributed by atoms with Crippen molar-refractivity contribution in [2.24, 2.45) is 0 Å². The van der Waals surface area contributed by atoms with Gasteiger partial charge in [0.2, 0.25) is 5.91 Å². The van der Waals surface area contributed by atoms with Gasteiger partial charge in [-0.2, -0.15) is 0 Å². The third-order valence-corrected chi connectivity index (χ3v) is 5.34. The maximum absolute atomic E-state index is 13.0. The first-order valence-electron chi connectivity index (χ1n) is 9.06. The van der Waals surface area contributed by atoms with E-state index in [0.717, 1.165) is 17.7 Å². The summed E-state index contributed by atoms with van der Waals surface area (Å²) in [6.45, 7) is 4.36. The molecule has 0 bridgehead atoms. The van der Waals surface area contributed by atoms with E-state index >= 15 is 0 Å². The van der Waals surface area contributed by atoms with E-state index in [1.54, 1.807) is 4.90 Å². The van der Waals surface area contributed by atoms with Crippen LogP contribution in [0.5, 0.6) is 0 Å². The van der Waals surface area contributed by atoms with Crippen LogP contribution in [0.1, 0.15) is 18.3 Å². The molecular weight excluding hydrogens is 368 g/mol. The Balaban J connectivity index is 1.60. The van der Waals surface area contributed by atoms with Crippen LogP contribution in [0.3, 0.4) is 0 Å². The number of morpholine rings is 1. The number of aromatic amines is 1. The number of nitrogens with one attached hydrogen (secondary N) is 1. The monoisotopic (exact) mass is 388 g/mol. The highest BCUT2D eigenvalue weighted by molar-refractivity contribution is 6.32. The van der Waals surface area contributed by atoms with Gasteiger partial charge in [-0.05, 0) is 25.0 Å². The number of aromatic nitrogens is 2. The van der Waals surface area contributed by atoms with E-state index in [9.17, 15) is 9.59 Å². The number of amides is 1. The summed E-state index contributed by atoms with van der Waals surface area (Å²) in [6.07, 6.45) is 0.841. The van der Waals surface area contributed by atoms with Gasteiger partial charge >= 0.3 is 0 Å². The fraction of sp³-hybridized carbons (Fsp3) is 0.421. The number of anilines is 2. The van der Waals surface area contributed by atoms with Crippen LogP contribution in [0.4, 0.5) is 11.5 Å². The molecule has 1 saturated heterocycles. The van der Waals surface area contributed by atoms with Crippen LogP contribution >= 0.6 is 11.6 Å². The lowest BCUT2D eigenvalue weighted by Crippen LogP contribution is -2.39. The number of ether oxygens (including phenoxy) is 1. The zero-order valence-corrected chi connectivity index (χ0v) is 15.8. The number of para-hydroxylation sites is 1. The lowest BCUT2D eigenvalue weighted by molar-refractivity contribution is -0.118. The fourth-order valence-electron chi connectivity index (χ4n) is 3.73. The quantitative estimate of drug-likeness (QED) is 0.867. The molecule has 1 N–H and O–H groups in total. The van der Waals surface area contributed by atoms with E-state index in [4.69, 9.17) is 16.3 Å². The standard InChI is InChI=1S/C19H21ClN4O3/c1-12-10-13-4-2-3-5-14(13)24(12)16(25)11-15-21-18(17(20)19(26)22-15)23-6-8-27-9-7-23/h2-5,12H,6-11H2,1H3,(H,21,22,26)/t12-/m0/s1. The number of hydrogen-bond acceptors (Lipinski definition) is 5. The predicted octanol–water partition coefficient (Wildman–Crippen LogP) is 1.78. The van der Waals surface area contributed by atoms with Gasteiger partial charge in [0, 0.05) is 24.8 Å². The second kappa shape index (κ2) is 7.32. The Kier molecular flexibility index (Phi) is 4.88. The van der Waals surface area contributed by atoms with Crippen molar-refractivity contribution in [3.8, 4) is 0 Å². The number of rotatable bonds is 3. The summed E-state index contributed by atoms with van der Waals surface area (Å²) >= 11 is 6.17. The first kappa shape index (κ1) is 18.0. The van der Waals surface area contributed by atoms with Gasteiger partial charge in [0.15, 0.2) is 5.82 Å². The number of nitrogens with zero attached hydrogens (tertiary/aromatic N) is 3. The predicted molar refractivity (Wildman–Crippen MR) is 104 cm³/mol. The maximum Gasteiger partial charge on any atom is 0.271 e. The Labute approximate surface area is 161 Å². The molecule has 8 heteroatoms. The van der Waals surface area contributed by atoms with Gasteiger partial charge in [0.1, 0.15) is 10.8 Å². The normalized spacial score (nSPS) is 19.3. The fourth-order valence-corrected chi connectivity index (χ4v) is 3.94. The zero-order chi connectivity index (χ0) is 19.0. The molecule has 0 saturated carbocycles. The number of H-pyrrole nitrogens is 1. The van der Waals surface area contributed by atoms with Gasteiger partial charge in [-0.15, -0.1) is 0 Å². The van der Waals surface area contributed by atoms with Crippen LogP contribution < -0.4 is 15.4 Å². The number of fused-ring (bicyclic) bond motifs is 1. The third kappa shape index (κ3) is 3.44. The summed E-state index contributed by atoms with van der Waals surface area (Å²) in [4.78, 5) is 36.1. The molecule has 3 heterocycles. The molecule has 142 valence electrons. The lowest BCUT2D eigenvalue weighted by Gasteiger charge is -2.28. The Bertz CT molecular complexity index is 923. The van der Waals surface area contributed by atoms with Crippen LogP contribution in [0.15, 0.2) is 29.1 Å². The number of carbonyl (C=O) groups is 1. The summed E-state index contributed by atoms with van der Waals surface area (Å²) in [5, 5.41) is 0.0491. The van der Waals surface area contributed by atoms with Crippen LogP contribution in [-0.4, -0.2) is 48.2 Å². The van der Waals surface area contributed by atoms with Gasteiger partial charge in [0.05, 0.1) is 19.6 Å². The molecule has 1 aromatic heterocycles. The average Bonchev–Trinajstić information content (AvgIpc) is 3.01. The Morgan fingerprint density at radius 3 is 2.85 bits per heavy atom. The Morgan fingerprint density at radius 1 is 1.33 bits per heavy atom. The van der Waals surface area contributed by atoms with Crippen molar-refractivity contribution in [3.63, 3.8) is 0 Å². The van der Waals surface area contributed by atoms with Crippen molar-refractivity contribution < 1.29 is 9.53 Å². The first-order valence-corrected chi connectivity index (χ1v) is 9.43. The van der Waals surface area contributed by atoms with Crippen molar-refractivity contribution in [2.45, 2.75) is 25.8 Å². The molecule has 2 aliphatic heterocycles. The van der Waals surface area contributed by atoms with E-state index in [1.807, 2.05) is 36.1 Å². The molecule has 1 amide bonds. The molecule has 0 radical (unpaired) electrons. The van der Waals surface area contributed by atoms with Crippen molar-refractivity contribution in [1.82, 2.24) is 9.97 Å². The molecule has 2 aliphatic rings. The van der Waals surface area contributed by atoms with Crippen molar-refractivity contribution in [1.29, 1.82) is 0 Å². The molecule has 1 aromatic carbocycles. The third-order valence-electron chi connectivity index (χ3n) is 5.00. The molecule has 4 rings (SSSR count). The first-order chi connectivity index (χ1) is 13.0. The van der Waals surface area contributed by atoms with Gasteiger partial charge in [0.25, 0.3) is 5.56 Å². The number of hydrogen-bond donors (Lipinski definition) is 1. The van der Waals surface area contributed by atoms with E-state index in [-0.39, 0.29) is 23.4 Å². The summed E-state index contributed by atoms with van der Waals surface area (Å²) in [5.41, 5.74) is 1.66. The molecule has 0 unspecified atom stereocenters. The Hall–Kier alpha value is -2.38. The highest BCUT2D eigenvalue weighted by Gasteiger charge is 2.31. The van der Waals surface area contributed by atoms with E-state index in [0.29, 0.717) is 37.9 Å². The summed E-state index contributed by atoms with van der Waals surface area (Å²) in [5.74, 6) is 0.653.